The molecule has 1 saturated heterocycles. The van der Waals surface area contributed by atoms with Crippen molar-refractivity contribution >= 4 is 7.66 Å². The molecule has 0 bridgehead atoms. The molecule has 1 spiro atoms. The zero-order valence-corrected chi connectivity index (χ0v) is 13.7. The quantitative estimate of drug-likeness (QED) is 0.739. The van der Waals surface area contributed by atoms with E-state index in [4.69, 9.17) is 18.1 Å². The van der Waals surface area contributed by atoms with Crippen LogP contribution in [0.15, 0.2) is 24.3 Å². The molecule has 3 rings (SSSR count). The molecule has 0 unspecified atom stereocenters. The van der Waals surface area contributed by atoms with Crippen molar-refractivity contribution in [3.05, 3.63) is 24.3 Å². The molecule has 2 aliphatic heterocycles. The summed E-state index contributed by atoms with van der Waals surface area (Å²) in [5.41, 5.74) is -1.06. The van der Waals surface area contributed by atoms with E-state index in [1.54, 1.807) is 0 Å². The van der Waals surface area contributed by atoms with Crippen molar-refractivity contribution in [1.82, 2.24) is 4.67 Å². The molecule has 20 heavy (non-hydrogen) atoms. The first kappa shape index (κ1) is 14.1. The Balaban J connectivity index is 2.14. The Hall–Kier alpha value is -0.870. The van der Waals surface area contributed by atoms with E-state index in [9.17, 15) is 0 Å². The maximum absolute atomic E-state index is 6.33. The van der Waals surface area contributed by atoms with Crippen molar-refractivity contribution in [2.75, 3.05) is 14.1 Å². The van der Waals surface area contributed by atoms with Gasteiger partial charge in [0.25, 0.3) is 0 Å². The Morgan fingerprint density at radius 3 is 1.60 bits per heavy atom. The van der Waals surface area contributed by atoms with Gasteiger partial charge in [0.05, 0.1) is 0 Å². The van der Waals surface area contributed by atoms with E-state index < -0.39 is 18.9 Å². The third kappa shape index (κ3) is 1.58. The van der Waals surface area contributed by atoms with Gasteiger partial charge in [-0.15, -0.1) is 0 Å². The van der Waals surface area contributed by atoms with Crippen molar-refractivity contribution in [1.29, 1.82) is 0 Å². The molecule has 2 heterocycles. The first-order chi connectivity index (χ1) is 9.10. The second kappa shape index (κ2) is 3.66. The molecule has 0 amide bonds. The third-order valence-corrected chi connectivity index (χ3v) is 8.05. The Morgan fingerprint density at radius 2 is 1.25 bits per heavy atom. The number of fused-ring (bicyclic) bond motifs is 1. The molecule has 0 aromatic heterocycles. The van der Waals surface area contributed by atoms with Crippen LogP contribution in [0.3, 0.4) is 0 Å². The second-order valence-electron chi connectivity index (χ2n) is 6.45. The first-order valence-corrected chi connectivity index (χ1v) is 8.58. The van der Waals surface area contributed by atoms with Crippen LogP contribution in [0.25, 0.3) is 0 Å². The average Bonchev–Trinajstić information content (AvgIpc) is 2.69. The van der Waals surface area contributed by atoms with Crippen molar-refractivity contribution in [3.8, 4) is 11.5 Å². The SMILES string of the molecule is CN(C)P12(Oc3ccccc3O1)OC(C)(C)C(C)(C)O2. The summed E-state index contributed by atoms with van der Waals surface area (Å²) in [5.74, 6) is 1.32. The Kier molecular flexibility index (Phi) is 2.58. The minimum atomic E-state index is -3.83. The van der Waals surface area contributed by atoms with Crippen LogP contribution in [0.2, 0.25) is 0 Å². The number of hydrogen-bond donors (Lipinski definition) is 0. The van der Waals surface area contributed by atoms with Gasteiger partial charge in [-0.2, -0.15) is 0 Å². The summed E-state index contributed by atoms with van der Waals surface area (Å²) in [6.45, 7) is 7.97. The monoisotopic (exact) mass is 299 g/mol. The average molecular weight is 299 g/mol. The van der Waals surface area contributed by atoms with Crippen LogP contribution in [-0.4, -0.2) is 30.0 Å². The number of para-hydroxylation sites is 2. The number of nitrogens with zero attached hydrogens (tertiary/aromatic N) is 1. The molecule has 0 radical (unpaired) electrons. The summed E-state index contributed by atoms with van der Waals surface area (Å²) in [6, 6.07) is 7.54. The zero-order valence-electron chi connectivity index (χ0n) is 12.8. The molecule has 0 N–H and O–H groups in total. The molecule has 1 aromatic rings. The van der Waals surface area contributed by atoms with Crippen molar-refractivity contribution < 1.29 is 18.1 Å². The van der Waals surface area contributed by atoms with E-state index in [0.29, 0.717) is 11.5 Å². The van der Waals surface area contributed by atoms with Gasteiger partial charge in [0.2, 0.25) is 0 Å². The van der Waals surface area contributed by atoms with Crippen LogP contribution in [0.4, 0.5) is 0 Å². The van der Waals surface area contributed by atoms with E-state index in [1.807, 2.05) is 70.7 Å². The molecule has 0 saturated carbocycles. The molecule has 2 aliphatic rings. The van der Waals surface area contributed by atoms with E-state index in [2.05, 4.69) is 0 Å². The van der Waals surface area contributed by atoms with Crippen LogP contribution in [0.5, 0.6) is 11.5 Å². The number of rotatable bonds is 1. The van der Waals surface area contributed by atoms with E-state index in [1.165, 1.54) is 0 Å². The molecular weight excluding hydrogens is 277 g/mol. The summed E-state index contributed by atoms with van der Waals surface area (Å²) in [4.78, 5) is 0. The van der Waals surface area contributed by atoms with Gasteiger partial charge in [-0.1, -0.05) is 0 Å². The number of hydrogen-bond acceptors (Lipinski definition) is 5. The predicted molar refractivity (Wildman–Crippen MR) is 78.6 cm³/mol. The van der Waals surface area contributed by atoms with Crippen LogP contribution in [0.1, 0.15) is 27.7 Å². The molecule has 112 valence electrons. The molecule has 1 aromatic carbocycles. The molecule has 5 nitrogen and oxygen atoms in total. The van der Waals surface area contributed by atoms with Crippen LogP contribution >= 0.6 is 7.66 Å². The van der Waals surface area contributed by atoms with Crippen LogP contribution in [0, 0.1) is 0 Å². The predicted octanol–water partition coefficient (Wildman–Crippen LogP) is 3.75. The van der Waals surface area contributed by atoms with Crippen LogP contribution < -0.4 is 9.05 Å². The summed E-state index contributed by atoms with van der Waals surface area (Å²) in [5, 5.41) is 0. The topological polar surface area (TPSA) is 40.2 Å². The van der Waals surface area contributed by atoms with Crippen molar-refractivity contribution in [2.45, 2.75) is 38.9 Å². The Bertz CT molecular complexity index is 525. The first-order valence-electron chi connectivity index (χ1n) is 6.72. The summed E-state index contributed by atoms with van der Waals surface area (Å²) in [7, 11) is -0.105. The third-order valence-electron chi connectivity index (χ3n) is 4.22. The fourth-order valence-electron chi connectivity index (χ4n) is 2.35. The normalized spacial score (nSPS) is 29.2. The fraction of sp³-hybridized carbons (Fsp3) is 0.571. The van der Waals surface area contributed by atoms with Gasteiger partial charge in [0.1, 0.15) is 0 Å². The van der Waals surface area contributed by atoms with Gasteiger partial charge < -0.3 is 0 Å². The zero-order chi connectivity index (χ0) is 14.8. The van der Waals surface area contributed by atoms with Crippen LogP contribution in [-0.2, 0) is 9.05 Å². The molecular formula is C14H22NO4P. The van der Waals surface area contributed by atoms with Gasteiger partial charge in [0, 0.05) is 0 Å². The van der Waals surface area contributed by atoms with Gasteiger partial charge >= 0.3 is 119 Å². The summed E-state index contributed by atoms with van der Waals surface area (Å²) < 4.78 is 26.8. The fourth-order valence-corrected chi connectivity index (χ4v) is 6.15. The van der Waals surface area contributed by atoms with Gasteiger partial charge in [0.15, 0.2) is 0 Å². The van der Waals surface area contributed by atoms with E-state index in [-0.39, 0.29) is 0 Å². The van der Waals surface area contributed by atoms with E-state index in [0.717, 1.165) is 0 Å². The Morgan fingerprint density at radius 1 is 0.850 bits per heavy atom. The summed E-state index contributed by atoms with van der Waals surface area (Å²) in [6.07, 6.45) is 0. The van der Waals surface area contributed by atoms with Gasteiger partial charge in [-0.3, -0.25) is 0 Å². The summed E-state index contributed by atoms with van der Waals surface area (Å²) >= 11 is 0. The number of benzene rings is 1. The maximum atomic E-state index is 6.33. The van der Waals surface area contributed by atoms with Crippen molar-refractivity contribution in [2.24, 2.45) is 0 Å². The molecule has 6 heteroatoms. The Labute approximate surface area is 120 Å². The molecule has 0 aliphatic carbocycles. The molecule has 0 atom stereocenters. The molecule has 1 fully saturated rings. The van der Waals surface area contributed by atoms with Gasteiger partial charge in [-0.25, -0.2) is 0 Å². The standard InChI is InChI=1S/C14H22NO4P/c1-13(2)14(3,4)19-20(18-13,15(5)6)16-11-9-7-8-10-12(11)17-20/h7-10H,1-6H3. The second-order valence-corrected chi connectivity index (χ2v) is 9.53. The minimum absolute atomic E-state index is 0.531. The van der Waals surface area contributed by atoms with Gasteiger partial charge in [-0.05, 0) is 0 Å². The van der Waals surface area contributed by atoms with E-state index >= 15 is 0 Å². The van der Waals surface area contributed by atoms with Crippen molar-refractivity contribution in [3.63, 3.8) is 0 Å².